The Morgan fingerprint density at radius 2 is 2.13 bits per heavy atom. The van der Waals surface area contributed by atoms with E-state index in [1.807, 2.05) is 17.0 Å². The molecule has 82 valence electrons. The van der Waals surface area contributed by atoms with Crippen molar-refractivity contribution in [3.63, 3.8) is 0 Å². The van der Waals surface area contributed by atoms with Crippen molar-refractivity contribution >= 4 is 24.1 Å². The Morgan fingerprint density at radius 3 is 2.73 bits per heavy atom. The van der Waals surface area contributed by atoms with E-state index in [-0.39, 0.29) is 18.4 Å². The molecule has 1 aliphatic heterocycles. The number of nitrogens with zero attached hydrogens (tertiary/aromatic N) is 2. The van der Waals surface area contributed by atoms with E-state index in [4.69, 9.17) is 5.11 Å². The van der Waals surface area contributed by atoms with E-state index in [2.05, 4.69) is 4.98 Å². The molecule has 0 radical (unpaired) electrons. The molecule has 0 unspecified atom stereocenters. The number of pyridine rings is 1. The summed E-state index contributed by atoms with van der Waals surface area (Å²) in [5.74, 6) is -0.737. The highest BCUT2D eigenvalue weighted by molar-refractivity contribution is 5.85. The van der Waals surface area contributed by atoms with Crippen molar-refractivity contribution in [3.05, 3.63) is 24.5 Å². The smallest absolute Gasteiger partial charge is 0.326 e. The summed E-state index contributed by atoms with van der Waals surface area (Å²) in [6, 6.07) is 3.33. The molecule has 0 spiro atoms. The number of carboxylic acid groups (broad SMARTS) is 1. The number of hydrogen-bond donors (Lipinski definition) is 1. The molecule has 0 amide bonds. The van der Waals surface area contributed by atoms with Crippen LogP contribution < -0.4 is 4.90 Å². The van der Waals surface area contributed by atoms with Crippen LogP contribution in [0.4, 0.5) is 5.69 Å². The number of halogens is 1. The molecule has 4 nitrogen and oxygen atoms in total. The molecular weight excluding hydrogens is 216 g/mol. The quantitative estimate of drug-likeness (QED) is 0.835. The van der Waals surface area contributed by atoms with Gasteiger partial charge in [0.05, 0.1) is 0 Å². The topological polar surface area (TPSA) is 53.4 Å². The van der Waals surface area contributed by atoms with Crippen molar-refractivity contribution in [2.75, 3.05) is 11.4 Å². The van der Waals surface area contributed by atoms with Gasteiger partial charge in [0.15, 0.2) is 0 Å². The molecule has 2 heterocycles. The molecule has 2 rings (SSSR count). The maximum Gasteiger partial charge on any atom is 0.326 e. The fourth-order valence-electron chi connectivity index (χ4n) is 1.87. The lowest BCUT2D eigenvalue weighted by atomic mass is 10.2. The number of carboxylic acids is 1. The Kier molecular flexibility index (Phi) is 3.91. The van der Waals surface area contributed by atoms with Crippen LogP contribution in [0.15, 0.2) is 24.5 Å². The summed E-state index contributed by atoms with van der Waals surface area (Å²) in [5.41, 5.74) is 0.949. The SMILES string of the molecule is Cl.O=C(O)[C@@H]1CCCN1c1ccncc1. The van der Waals surface area contributed by atoms with E-state index in [9.17, 15) is 4.79 Å². The van der Waals surface area contributed by atoms with Crippen LogP contribution in [-0.2, 0) is 4.79 Å². The fraction of sp³-hybridized carbons (Fsp3) is 0.400. The maximum absolute atomic E-state index is 10.9. The third-order valence-corrected chi connectivity index (χ3v) is 2.53. The first-order chi connectivity index (χ1) is 6.79. The van der Waals surface area contributed by atoms with E-state index in [1.165, 1.54) is 0 Å². The van der Waals surface area contributed by atoms with Crippen molar-refractivity contribution in [1.82, 2.24) is 4.98 Å². The highest BCUT2D eigenvalue weighted by Gasteiger charge is 2.30. The number of anilines is 1. The molecule has 1 aliphatic rings. The second kappa shape index (κ2) is 4.98. The van der Waals surface area contributed by atoms with E-state index >= 15 is 0 Å². The summed E-state index contributed by atoms with van der Waals surface area (Å²) >= 11 is 0. The normalized spacial score (nSPS) is 19.7. The van der Waals surface area contributed by atoms with Crippen molar-refractivity contribution in [1.29, 1.82) is 0 Å². The minimum atomic E-state index is -0.737. The van der Waals surface area contributed by atoms with Gasteiger partial charge in [0, 0.05) is 24.6 Å². The summed E-state index contributed by atoms with van der Waals surface area (Å²) < 4.78 is 0. The minimum absolute atomic E-state index is 0. The standard InChI is InChI=1S/C10H12N2O2.ClH/c13-10(14)9-2-1-7-12(9)8-3-5-11-6-4-8;/h3-6,9H,1-2,7H2,(H,13,14);1H/t9-;/m0./s1. The minimum Gasteiger partial charge on any atom is -0.480 e. The van der Waals surface area contributed by atoms with Crippen molar-refractivity contribution in [2.24, 2.45) is 0 Å². The third kappa shape index (κ3) is 2.39. The summed E-state index contributed by atoms with van der Waals surface area (Å²) in [6.45, 7) is 0.820. The van der Waals surface area contributed by atoms with Crippen LogP contribution >= 0.6 is 12.4 Å². The molecular formula is C10H13ClN2O2. The molecule has 0 saturated carbocycles. The maximum atomic E-state index is 10.9. The van der Waals surface area contributed by atoms with Gasteiger partial charge in [-0.3, -0.25) is 4.98 Å². The zero-order valence-electron chi connectivity index (χ0n) is 8.17. The van der Waals surface area contributed by atoms with Gasteiger partial charge in [-0.2, -0.15) is 0 Å². The summed E-state index contributed by atoms with van der Waals surface area (Å²) in [5, 5.41) is 8.99. The lowest BCUT2D eigenvalue weighted by Crippen LogP contribution is -2.35. The van der Waals surface area contributed by atoms with Crippen LogP contribution in [-0.4, -0.2) is 28.6 Å². The molecule has 1 atom stereocenters. The molecule has 1 N–H and O–H groups in total. The summed E-state index contributed by atoms with van der Waals surface area (Å²) in [7, 11) is 0. The van der Waals surface area contributed by atoms with Crippen LogP contribution in [0.5, 0.6) is 0 Å². The van der Waals surface area contributed by atoms with Crippen LogP contribution in [0, 0.1) is 0 Å². The second-order valence-electron chi connectivity index (χ2n) is 3.40. The zero-order valence-corrected chi connectivity index (χ0v) is 8.98. The van der Waals surface area contributed by atoms with Gasteiger partial charge in [0.25, 0.3) is 0 Å². The monoisotopic (exact) mass is 228 g/mol. The lowest BCUT2D eigenvalue weighted by Gasteiger charge is -2.23. The van der Waals surface area contributed by atoms with Crippen molar-refractivity contribution < 1.29 is 9.90 Å². The Balaban J connectivity index is 0.00000112. The molecule has 1 aromatic heterocycles. The van der Waals surface area contributed by atoms with E-state index in [0.29, 0.717) is 0 Å². The van der Waals surface area contributed by atoms with Crippen LogP contribution in [0.3, 0.4) is 0 Å². The van der Waals surface area contributed by atoms with Crippen LogP contribution in [0.1, 0.15) is 12.8 Å². The van der Waals surface area contributed by atoms with Gasteiger partial charge in [-0.1, -0.05) is 0 Å². The second-order valence-corrected chi connectivity index (χ2v) is 3.40. The molecule has 15 heavy (non-hydrogen) atoms. The van der Waals surface area contributed by atoms with Gasteiger partial charge < -0.3 is 10.0 Å². The molecule has 1 fully saturated rings. The molecule has 0 aromatic carbocycles. The van der Waals surface area contributed by atoms with E-state index < -0.39 is 5.97 Å². The highest BCUT2D eigenvalue weighted by Crippen LogP contribution is 2.24. The first-order valence-electron chi connectivity index (χ1n) is 4.68. The number of aliphatic carboxylic acids is 1. The number of rotatable bonds is 2. The molecule has 1 saturated heterocycles. The van der Waals surface area contributed by atoms with E-state index in [1.54, 1.807) is 12.4 Å². The van der Waals surface area contributed by atoms with Crippen LogP contribution in [0.25, 0.3) is 0 Å². The molecule has 0 bridgehead atoms. The summed E-state index contributed by atoms with van der Waals surface area (Å²) in [6.07, 6.45) is 5.05. The lowest BCUT2D eigenvalue weighted by molar-refractivity contribution is -0.138. The predicted octanol–water partition coefficient (Wildman–Crippen LogP) is 1.56. The average Bonchev–Trinajstić information content (AvgIpc) is 2.67. The predicted molar refractivity (Wildman–Crippen MR) is 59.5 cm³/mol. The van der Waals surface area contributed by atoms with Gasteiger partial charge in [0.1, 0.15) is 6.04 Å². The van der Waals surface area contributed by atoms with Gasteiger partial charge in [-0.05, 0) is 25.0 Å². The molecule has 1 aromatic rings. The number of aromatic nitrogens is 1. The zero-order chi connectivity index (χ0) is 9.97. The van der Waals surface area contributed by atoms with E-state index in [0.717, 1.165) is 25.1 Å². The summed E-state index contributed by atoms with van der Waals surface area (Å²) in [4.78, 5) is 16.8. The third-order valence-electron chi connectivity index (χ3n) is 2.53. The highest BCUT2D eigenvalue weighted by atomic mass is 35.5. The van der Waals surface area contributed by atoms with Crippen LogP contribution in [0.2, 0.25) is 0 Å². The first kappa shape index (κ1) is 11.8. The first-order valence-corrected chi connectivity index (χ1v) is 4.68. The Morgan fingerprint density at radius 1 is 1.47 bits per heavy atom. The van der Waals surface area contributed by atoms with Crippen molar-refractivity contribution in [3.8, 4) is 0 Å². The Hall–Kier alpha value is -1.29. The molecule has 0 aliphatic carbocycles. The van der Waals surface area contributed by atoms with Gasteiger partial charge >= 0.3 is 5.97 Å². The van der Waals surface area contributed by atoms with Gasteiger partial charge in [0.2, 0.25) is 0 Å². The largest absolute Gasteiger partial charge is 0.480 e. The number of hydrogen-bond acceptors (Lipinski definition) is 3. The molecule has 5 heteroatoms. The van der Waals surface area contributed by atoms with Gasteiger partial charge in [-0.25, -0.2) is 4.79 Å². The van der Waals surface area contributed by atoms with Gasteiger partial charge in [-0.15, -0.1) is 12.4 Å². The number of carbonyl (C=O) groups is 1. The Bertz CT molecular complexity index is 331. The Labute approximate surface area is 94.3 Å². The van der Waals surface area contributed by atoms with Crippen molar-refractivity contribution in [2.45, 2.75) is 18.9 Å². The fourth-order valence-corrected chi connectivity index (χ4v) is 1.87. The average molecular weight is 229 g/mol.